The lowest BCUT2D eigenvalue weighted by molar-refractivity contribution is 0.209. The largest absolute Gasteiger partial charge is 0.465 e. The fourth-order valence-electron chi connectivity index (χ4n) is 0.717. The van der Waals surface area contributed by atoms with Crippen LogP contribution in [0.5, 0.6) is 0 Å². The summed E-state index contributed by atoms with van der Waals surface area (Å²) in [4.78, 5) is 13.6. The topological polar surface area (TPSA) is 62.2 Å². The first-order chi connectivity index (χ1) is 5.59. The number of aromatic nitrogens is 1. The molecule has 1 heterocycles. The molecule has 5 heteroatoms. The van der Waals surface area contributed by atoms with E-state index in [-0.39, 0.29) is 5.82 Å². The highest BCUT2D eigenvalue weighted by Gasteiger charge is 2.02. The summed E-state index contributed by atoms with van der Waals surface area (Å²) in [6.45, 7) is 1.53. The summed E-state index contributed by atoms with van der Waals surface area (Å²) in [5, 5.41) is 10.3. The number of hydrogen-bond donors (Lipinski definition) is 2. The summed E-state index contributed by atoms with van der Waals surface area (Å²) < 4.78 is 12.6. The van der Waals surface area contributed by atoms with Crippen LogP contribution in [-0.2, 0) is 0 Å². The van der Waals surface area contributed by atoms with E-state index >= 15 is 0 Å². The van der Waals surface area contributed by atoms with Crippen molar-refractivity contribution < 1.29 is 14.3 Å². The van der Waals surface area contributed by atoms with Crippen molar-refractivity contribution in [1.29, 1.82) is 0 Å². The standard InChI is InChI=1S/C7H7FN2O2/c1-4-2-6(10-7(11)12)9-3-5(4)8/h2-3H,1H3,(H,9,10)(H,11,12). The molecule has 4 nitrogen and oxygen atoms in total. The molecule has 0 saturated carbocycles. The summed E-state index contributed by atoms with van der Waals surface area (Å²) in [7, 11) is 0. The second-order valence-corrected chi connectivity index (χ2v) is 2.25. The zero-order chi connectivity index (χ0) is 9.14. The molecule has 12 heavy (non-hydrogen) atoms. The van der Waals surface area contributed by atoms with Crippen LogP contribution in [0.15, 0.2) is 12.3 Å². The fourth-order valence-corrected chi connectivity index (χ4v) is 0.717. The number of nitrogens with one attached hydrogen (secondary N) is 1. The molecule has 1 rings (SSSR count). The van der Waals surface area contributed by atoms with E-state index in [1.54, 1.807) is 0 Å². The SMILES string of the molecule is Cc1cc(NC(=O)O)ncc1F. The van der Waals surface area contributed by atoms with Crippen LogP contribution in [0.3, 0.4) is 0 Å². The van der Waals surface area contributed by atoms with Crippen molar-refractivity contribution >= 4 is 11.9 Å². The van der Waals surface area contributed by atoms with Crippen molar-refractivity contribution in [2.75, 3.05) is 5.32 Å². The average Bonchev–Trinajstić information content (AvgIpc) is 1.96. The number of pyridine rings is 1. The molecule has 0 bridgehead atoms. The summed E-state index contributed by atoms with van der Waals surface area (Å²) in [5.41, 5.74) is 0.355. The third-order valence-corrected chi connectivity index (χ3v) is 1.28. The van der Waals surface area contributed by atoms with E-state index in [0.29, 0.717) is 5.56 Å². The van der Waals surface area contributed by atoms with E-state index in [4.69, 9.17) is 5.11 Å². The number of anilines is 1. The zero-order valence-corrected chi connectivity index (χ0v) is 6.34. The highest BCUT2D eigenvalue weighted by Crippen LogP contribution is 2.09. The first-order valence-corrected chi connectivity index (χ1v) is 3.21. The molecule has 1 aromatic rings. The highest BCUT2D eigenvalue weighted by atomic mass is 19.1. The molecule has 0 atom stereocenters. The van der Waals surface area contributed by atoms with Gasteiger partial charge in [0.25, 0.3) is 0 Å². The van der Waals surface area contributed by atoms with E-state index < -0.39 is 11.9 Å². The van der Waals surface area contributed by atoms with Gasteiger partial charge in [0.1, 0.15) is 11.6 Å². The number of nitrogens with zero attached hydrogens (tertiary/aromatic N) is 1. The van der Waals surface area contributed by atoms with E-state index in [1.807, 2.05) is 5.32 Å². The van der Waals surface area contributed by atoms with Crippen LogP contribution >= 0.6 is 0 Å². The Morgan fingerprint density at radius 2 is 2.42 bits per heavy atom. The highest BCUT2D eigenvalue weighted by molar-refractivity contribution is 5.81. The minimum Gasteiger partial charge on any atom is -0.465 e. The smallest absolute Gasteiger partial charge is 0.410 e. The third kappa shape index (κ3) is 1.91. The lowest BCUT2D eigenvalue weighted by Crippen LogP contribution is -2.08. The second-order valence-electron chi connectivity index (χ2n) is 2.25. The summed E-state index contributed by atoms with van der Waals surface area (Å²) in [6.07, 6.45) is -0.242. The maximum absolute atomic E-state index is 12.6. The van der Waals surface area contributed by atoms with Crippen molar-refractivity contribution in [1.82, 2.24) is 4.98 Å². The van der Waals surface area contributed by atoms with Crippen molar-refractivity contribution in [3.8, 4) is 0 Å². The predicted molar refractivity (Wildman–Crippen MR) is 40.6 cm³/mol. The van der Waals surface area contributed by atoms with Gasteiger partial charge in [0.2, 0.25) is 0 Å². The Hall–Kier alpha value is -1.65. The zero-order valence-electron chi connectivity index (χ0n) is 6.34. The Morgan fingerprint density at radius 1 is 1.75 bits per heavy atom. The van der Waals surface area contributed by atoms with Gasteiger partial charge in [-0.05, 0) is 18.6 Å². The molecule has 0 aliphatic carbocycles. The molecule has 0 fully saturated rings. The Labute approximate surface area is 68.1 Å². The van der Waals surface area contributed by atoms with Crippen LogP contribution in [0.1, 0.15) is 5.56 Å². The number of rotatable bonds is 1. The lowest BCUT2D eigenvalue weighted by atomic mass is 10.3. The molecule has 0 aliphatic heterocycles. The summed E-state index contributed by atoms with van der Waals surface area (Å²) in [6, 6.07) is 1.32. The molecule has 0 unspecified atom stereocenters. The Kier molecular flexibility index (Phi) is 2.23. The monoisotopic (exact) mass is 170 g/mol. The van der Waals surface area contributed by atoms with Gasteiger partial charge in [-0.2, -0.15) is 0 Å². The normalized spacial score (nSPS) is 9.50. The Morgan fingerprint density at radius 3 is 2.92 bits per heavy atom. The van der Waals surface area contributed by atoms with Gasteiger partial charge in [-0.1, -0.05) is 0 Å². The van der Waals surface area contributed by atoms with Crippen molar-refractivity contribution in [2.24, 2.45) is 0 Å². The van der Waals surface area contributed by atoms with E-state index in [1.165, 1.54) is 13.0 Å². The van der Waals surface area contributed by atoms with Gasteiger partial charge in [-0.3, -0.25) is 5.32 Å². The van der Waals surface area contributed by atoms with Gasteiger partial charge in [-0.25, -0.2) is 14.2 Å². The maximum atomic E-state index is 12.6. The quantitative estimate of drug-likeness (QED) is 0.673. The Balaban J connectivity index is 2.89. The predicted octanol–water partition coefficient (Wildman–Crippen LogP) is 1.62. The van der Waals surface area contributed by atoms with Crippen molar-refractivity contribution in [3.05, 3.63) is 23.6 Å². The molecule has 0 saturated heterocycles. The van der Waals surface area contributed by atoms with Crippen molar-refractivity contribution in [3.63, 3.8) is 0 Å². The molecule has 0 radical (unpaired) electrons. The first-order valence-electron chi connectivity index (χ1n) is 3.21. The summed E-state index contributed by atoms with van der Waals surface area (Å²) in [5.74, 6) is -0.327. The molecule has 0 aliphatic rings. The van der Waals surface area contributed by atoms with Crippen LogP contribution < -0.4 is 5.32 Å². The molecule has 2 N–H and O–H groups in total. The van der Waals surface area contributed by atoms with E-state index in [2.05, 4.69) is 4.98 Å². The maximum Gasteiger partial charge on any atom is 0.410 e. The van der Waals surface area contributed by atoms with Crippen LogP contribution in [-0.4, -0.2) is 16.2 Å². The second kappa shape index (κ2) is 3.17. The Bertz CT molecular complexity index is 314. The molecule has 0 spiro atoms. The number of aryl methyl sites for hydroxylation is 1. The van der Waals surface area contributed by atoms with Gasteiger partial charge in [0.05, 0.1) is 6.20 Å². The number of carboxylic acid groups (broad SMARTS) is 1. The number of halogens is 1. The molecule has 1 amide bonds. The molecule has 64 valence electrons. The average molecular weight is 170 g/mol. The van der Waals surface area contributed by atoms with Crippen LogP contribution in [0.4, 0.5) is 15.0 Å². The molecular weight excluding hydrogens is 163 g/mol. The van der Waals surface area contributed by atoms with Gasteiger partial charge in [-0.15, -0.1) is 0 Å². The number of amides is 1. The number of carbonyl (C=O) groups is 1. The van der Waals surface area contributed by atoms with E-state index in [0.717, 1.165) is 6.20 Å². The lowest BCUT2D eigenvalue weighted by Gasteiger charge is -2.00. The van der Waals surface area contributed by atoms with E-state index in [9.17, 15) is 9.18 Å². The third-order valence-electron chi connectivity index (χ3n) is 1.28. The molecular formula is C7H7FN2O2. The fraction of sp³-hybridized carbons (Fsp3) is 0.143. The summed E-state index contributed by atoms with van der Waals surface area (Å²) >= 11 is 0. The molecule has 0 aromatic carbocycles. The van der Waals surface area contributed by atoms with Gasteiger partial charge in [0.15, 0.2) is 0 Å². The number of hydrogen-bond acceptors (Lipinski definition) is 2. The first kappa shape index (κ1) is 8.45. The van der Waals surface area contributed by atoms with Crippen molar-refractivity contribution in [2.45, 2.75) is 6.92 Å². The minimum atomic E-state index is -1.21. The van der Waals surface area contributed by atoms with Crippen LogP contribution in [0.2, 0.25) is 0 Å². The molecule has 1 aromatic heterocycles. The van der Waals surface area contributed by atoms with Gasteiger partial charge < -0.3 is 5.11 Å². The minimum absolute atomic E-state index is 0.126. The van der Waals surface area contributed by atoms with Crippen LogP contribution in [0, 0.1) is 12.7 Å². The van der Waals surface area contributed by atoms with Gasteiger partial charge in [0, 0.05) is 0 Å². The van der Waals surface area contributed by atoms with Gasteiger partial charge >= 0.3 is 6.09 Å². The van der Waals surface area contributed by atoms with Crippen LogP contribution in [0.25, 0.3) is 0 Å².